The van der Waals surface area contributed by atoms with Gasteiger partial charge >= 0.3 is 0 Å². The highest BCUT2D eigenvalue weighted by Gasteiger charge is 2.30. The molecule has 1 aromatic heterocycles. The molecule has 1 saturated carbocycles. The van der Waals surface area contributed by atoms with Crippen molar-refractivity contribution in [3.63, 3.8) is 0 Å². The number of nitrogens with zero attached hydrogens (tertiary/aromatic N) is 2. The van der Waals surface area contributed by atoms with Gasteiger partial charge < -0.3 is 5.73 Å². The number of anilines is 1. The summed E-state index contributed by atoms with van der Waals surface area (Å²) in [6.07, 6.45) is 3.05. The molecule has 5 heteroatoms. The first kappa shape index (κ1) is 12.3. The second-order valence-electron chi connectivity index (χ2n) is 4.66. The summed E-state index contributed by atoms with van der Waals surface area (Å²) in [4.78, 5) is 17.4. The van der Waals surface area contributed by atoms with Crippen molar-refractivity contribution >= 4 is 22.9 Å². The molecular weight excluding hydrogens is 258 g/mol. The molecule has 0 bridgehead atoms. The number of carbonyl (C=O) groups excluding carboxylic acids is 1. The third-order valence-corrected chi connectivity index (χ3v) is 4.11. The Kier molecular flexibility index (Phi) is 3.31. The van der Waals surface area contributed by atoms with E-state index in [1.54, 1.807) is 4.90 Å². The molecule has 1 fully saturated rings. The molecule has 1 heterocycles. The molecule has 0 atom stereocenters. The van der Waals surface area contributed by atoms with Gasteiger partial charge in [0, 0.05) is 23.5 Å². The van der Waals surface area contributed by atoms with Crippen LogP contribution < -0.4 is 10.6 Å². The third-order valence-electron chi connectivity index (χ3n) is 3.25. The van der Waals surface area contributed by atoms with Gasteiger partial charge in [-0.2, -0.15) is 0 Å². The maximum Gasteiger partial charge on any atom is 0.216 e. The molecule has 2 N–H and O–H groups in total. The summed E-state index contributed by atoms with van der Waals surface area (Å²) in [7, 11) is 0. The molecule has 0 aliphatic heterocycles. The number of nitrogens with two attached hydrogens (primary N) is 1. The molecule has 0 radical (unpaired) electrons. The maximum absolute atomic E-state index is 11.1. The number of aromatic nitrogens is 1. The minimum absolute atomic E-state index is 0.358. The average molecular weight is 273 g/mol. The number of hydrogen-bond donors (Lipinski definition) is 1. The van der Waals surface area contributed by atoms with Crippen LogP contribution in [-0.4, -0.2) is 17.4 Å². The van der Waals surface area contributed by atoms with Gasteiger partial charge in [0.25, 0.3) is 0 Å². The van der Waals surface area contributed by atoms with Gasteiger partial charge in [0.1, 0.15) is 0 Å². The smallest absolute Gasteiger partial charge is 0.216 e. The zero-order valence-corrected chi connectivity index (χ0v) is 11.3. The Morgan fingerprint density at radius 1 is 1.37 bits per heavy atom. The first-order valence-electron chi connectivity index (χ1n) is 6.30. The fraction of sp³-hybridized carbons (Fsp3) is 0.286. The van der Waals surface area contributed by atoms with Gasteiger partial charge in [-0.05, 0) is 18.4 Å². The van der Waals surface area contributed by atoms with Crippen molar-refractivity contribution in [3.8, 4) is 11.3 Å². The standard InChI is InChI=1S/C14H15N3OS/c15-7-10-1-3-11(4-2-10)13-8-19-14(16-13)17(9-18)12-5-6-12/h1-4,8-9,12H,5-7,15H2. The lowest BCUT2D eigenvalue weighted by Crippen LogP contribution is -2.23. The molecule has 19 heavy (non-hydrogen) atoms. The van der Waals surface area contributed by atoms with E-state index in [2.05, 4.69) is 4.98 Å². The second-order valence-corrected chi connectivity index (χ2v) is 5.50. The van der Waals surface area contributed by atoms with Gasteiger partial charge in [0.2, 0.25) is 6.41 Å². The van der Waals surface area contributed by atoms with E-state index in [4.69, 9.17) is 5.73 Å². The maximum atomic E-state index is 11.1. The Morgan fingerprint density at radius 3 is 2.68 bits per heavy atom. The van der Waals surface area contributed by atoms with Gasteiger partial charge in [-0.1, -0.05) is 24.3 Å². The Morgan fingerprint density at radius 2 is 2.11 bits per heavy atom. The Labute approximate surface area is 115 Å². The van der Waals surface area contributed by atoms with Crippen molar-refractivity contribution in [1.82, 2.24) is 4.98 Å². The van der Waals surface area contributed by atoms with E-state index >= 15 is 0 Å². The molecule has 1 aliphatic carbocycles. The Hall–Kier alpha value is -1.72. The third kappa shape index (κ3) is 2.52. The lowest BCUT2D eigenvalue weighted by atomic mass is 10.1. The van der Waals surface area contributed by atoms with Crippen molar-refractivity contribution in [1.29, 1.82) is 0 Å². The largest absolute Gasteiger partial charge is 0.326 e. The van der Waals surface area contributed by atoms with E-state index < -0.39 is 0 Å². The highest BCUT2D eigenvalue weighted by molar-refractivity contribution is 7.14. The number of hydrogen-bond acceptors (Lipinski definition) is 4. The van der Waals surface area contributed by atoms with Crippen LogP contribution in [0.1, 0.15) is 18.4 Å². The van der Waals surface area contributed by atoms with Crippen molar-refractivity contribution in [2.24, 2.45) is 5.73 Å². The van der Waals surface area contributed by atoms with E-state index in [9.17, 15) is 4.79 Å². The molecule has 2 aromatic rings. The Balaban J connectivity index is 1.85. The second kappa shape index (κ2) is 5.11. The van der Waals surface area contributed by atoms with Crippen molar-refractivity contribution in [2.75, 3.05) is 4.90 Å². The molecule has 98 valence electrons. The summed E-state index contributed by atoms with van der Waals surface area (Å²) in [5.74, 6) is 0. The molecule has 1 aromatic carbocycles. The predicted octanol–water partition coefficient (Wildman–Crippen LogP) is 2.39. The van der Waals surface area contributed by atoms with E-state index in [0.717, 1.165) is 41.2 Å². The average Bonchev–Trinajstić information content (AvgIpc) is 3.17. The number of carbonyl (C=O) groups is 1. The fourth-order valence-electron chi connectivity index (χ4n) is 1.97. The van der Waals surface area contributed by atoms with E-state index in [1.807, 2.05) is 29.6 Å². The normalized spacial score (nSPS) is 14.4. The summed E-state index contributed by atoms with van der Waals surface area (Å²) in [6.45, 7) is 0.545. The molecule has 1 aliphatic rings. The minimum Gasteiger partial charge on any atom is -0.326 e. The summed E-state index contributed by atoms with van der Waals surface area (Å²) in [6, 6.07) is 8.41. The summed E-state index contributed by atoms with van der Waals surface area (Å²) in [5.41, 5.74) is 8.65. The monoisotopic (exact) mass is 273 g/mol. The van der Waals surface area contributed by atoms with Gasteiger partial charge in [-0.3, -0.25) is 9.69 Å². The SMILES string of the molecule is NCc1ccc(-c2csc(N(C=O)C3CC3)n2)cc1. The zero-order chi connectivity index (χ0) is 13.2. The van der Waals surface area contributed by atoms with Crippen LogP contribution in [-0.2, 0) is 11.3 Å². The van der Waals surface area contributed by atoms with Crippen molar-refractivity contribution < 1.29 is 4.79 Å². The molecule has 3 rings (SSSR count). The van der Waals surface area contributed by atoms with Crippen LogP contribution in [0.15, 0.2) is 29.6 Å². The van der Waals surface area contributed by atoms with Crippen molar-refractivity contribution in [3.05, 3.63) is 35.2 Å². The van der Waals surface area contributed by atoms with Crippen LogP contribution in [0.3, 0.4) is 0 Å². The molecule has 0 spiro atoms. The number of rotatable bonds is 5. The van der Waals surface area contributed by atoms with Crippen LogP contribution in [0.25, 0.3) is 11.3 Å². The lowest BCUT2D eigenvalue weighted by Gasteiger charge is -2.11. The molecule has 0 unspecified atom stereocenters. The van der Waals surface area contributed by atoms with Gasteiger partial charge in [0.15, 0.2) is 5.13 Å². The van der Waals surface area contributed by atoms with Crippen LogP contribution in [0, 0.1) is 0 Å². The highest BCUT2D eigenvalue weighted by Crippen LogP contribution is 2.34. The summed E-state index contributed by atoms with van der Waals surface area (Å²) >= 11 is 1.51. The number of amides is 1. The molecule has 0 saturated heterocycles. The summed E-state index contributed by atoms with van der Waals surface area (Å²) < 4.78 is 0. The topological polar surface area (TPSA) is 59.2 Å². The van der Waals surface area contributed by atoms with Crippen LogP contribution in [0.2, 0.25) is 0 Å². The van der Waals surface area contributed by atoms with Crippen molar-refractivity contribution in [2.45, 2.75) is 25.4 Å². The molecule has 4 nitrogen and oxygen atoms in total. The van der Waals surface area contributed by atoms with E-state index in [0.29, 0.717) is 12.6 Å². The highest BCUT2D eigenvalue weighted by atomic mass is 32.1. The van der Waals surface area contributed by atoms with Crippen LogP contribution >= 0.6 is 11.3 Å². The van der Waals surface area contributed by atoms with Gasteiger partial charge in [0.05, 0.1) is 5.69 Å². The quantitative estimate of drug-likeness (QED) is 0.851. The predicted molar refractivity (Wildman–Crippen MR) is 77.0 cm³/mol. The van der Waals surface area contributed by atoms with E-state index in [-0.39, 0.29) is 0 Å². The first-order chi connectivity index (χ1) is 9.31. The summed E-state index contributed by atoms with van der Waals surface area (Å²) in [5, 5.41) is 2.78. The lowest BCUT2D eigenvalue weighted by molar-refractivity contribution is -0.107. The number of benzene rings is 1. The van der Waals surface area contributed by atoms with Crippen LogP contribution in [0.5, 0.6) is 0 Å². The van der Waals surface area contributed by atoms with Gasteiger partial charge in [-0.25, -0.2) is 4.98 Å². The zero-order valence-electron chi connectivity index (χ0n) is 10.5. The van der Waals surface area contributed by atoms with Crippen LogP contribution in [0.4, 0.5) is 5.13 Å². The number of thiazole rings is 1. The molecular formula is C14H15N3OS. The fourth-order valence-corrected chi connectivity index (χ4v) is 2.84. The Bertz CT molecular complexity index is 575. The van der Waals surface area contributed by atoms with E-state index in [1.165, 1.54) is 11.3 Å². The van der Waals surface area contributed by atoms with Gasteiger partial charge in [-0.15, -0.1) is 11.3 Å². The first-order valence-corrected chi connectivity index (χ1v) is 7.18. The minimum atomic E-state index is 0.358. The molecule has 1 amide bonds.